The summed E-state index contributed by atoms with van der Waals surface area (Å²) in [6, 6.07) is 5.25. The summed E-state index contributed by atoms with van der Waals surface area (Å²) >= 11 is 0. The lowest BCUT2D eigenvalue weighted by Gasteiger charge is -2.16. The smallest absolute Gasteiger partial charge is 0.337 e. The topological polar surface area (TPSA) is 78.6 Å². The molecule has 0 amide bonds. The number of hydrogen-bond acceptors (Lipinski definition) is 4. The predicted molar refractivity (Wildman–Crippen MR) is 67.3 cm³/mol. The van der Waals surface area contributed by atoms with Crippen molar-refractivity contribution in [3.8, 4) is 0 Å². The minimum absolute atomic E-state index is 0.236. The van der Waals surface area contributed by atoms with E-state index in [9.17, 15) is 4.79 Å². The molecule has 92 valence electrons. The number of nitrogens with zero attached hydrogens (tertiary/aromatic N) is 1. The van der Waals surface area contributed by atoms with Crippen molar-refractivity contribution in [3.63, 3.8) is 0 Å². The molecule has 1 saturated heterocycles. The summed E-state index contributed by atoms with van der Waals surface area (Å²) in [5, 5.41) is 12.4. The fraction of sp³-hybridized carbons (Fsp3) is 0.417. The Labute approximate surface area is 100 Å². The standard InChI is InChI=1S/C12H17N3O2/c1-15-5-4-9(7-15)14-11-3-2-8(13)6-10(11)12(16)17/h2-3,6,9,14H,4-5,7,13H2,1H3,(H,16,17). The maximum Gasteiger partial charge on any atom is 0.337 e. The van der Waals surface area contributed by atoms with Gasteiger partial charge in [-0.05, 0) is 38.2 Å². The summed E-state index contributed by atoms with van der Waals surface area (Å²) in [5.74, 6) is -0.953. The lowest BCUT2D eigenvalue weighted by molar-refractivity contribution is 0.0698. The molecule has 4 N–H and O–H groups in total. The molecule has 0 bridgehead atoms. The van der Waals surface area contributed by atoms with Crippen LogP contribution < -0.4 is 11.1 Å². The fourth-order valence-electron chi connectivity index (χ4n) is 2.14. The fourth-order valence-corrected chi connectivity index (χ4v) is 2.14. The third-order valence-corrected chi connectivity index (χ3v) is 3.03. The zero-order valence-electron chi connectivity index (χ0n) is 9.81. The minimum Gasteiger partial charge on any atom is -0.478 e. The van der Waals surface area contributed by atoms with E-state index < -0.39 is 5.97 Å². The van der Waals surface area contributed by atoms with Crippen molar-refractivity contribution in [1.29, 1.82) is 0 Å². The van der Waals surface area contributed by atoms with Gasteiger partial charge in [-0.25, -0.2) is 4.79 Å². The molecule has 0 spiro atoms. The molecule has 5 nitrogen and oxygen atoms in total. The minimum atomic E-state index is -0.953. The Morgan fingerprint density at radius 2 is 2.35 bits per heavy atom. The number of nitrogen functional groups attached to an aromatic ring is 1. The Bertz CT molecular complexity index is 434. The second-order valence-corrected chi connectivity index (χ2v) is 4.50. The van der Waals surface area contributed by atoms with E-state index in [4.69, 9.17) is 10.8 Å². The number of nitrogens with one attached hydrogen (secondary N) is 1. The third kappa shape index (κ3) is 2.68. The maximum absolute atomic E-state index is 11.1. The van der Waals surface area contributed by atoms with Crippen LogP contribution in [0.4, 0.5) is 11.4 Å². The summed E-state index contributed by atoms with van der Waals surface area (Å²) in [5.41, 5.74) is 6.95. The molecule has 1 atom stereocenters. The Morgan fingerprint density at radius 1 is 1.59 bits per heavy atom. The summed E-state index contributed by atoms with van der Waals surface area (Å²) < 4.78 is 0. The number of likely N-dealkylation sites (N-methyl/N-ethyl adjacent to an activating group) is 1. The van der Waals surface area contributed by atoms with E-state index in [1.54, 1.807) is 12.1 Å². The van der Waals surface area contributed by atoms with Gasteiger partial charge in [0.25, 0.3) is 0 Å². The van der Waals surface area contributed by atoms with Crippen LogP contribution in [0.15, 0.2) is 18.2 Å². The number of carboxylic acids is 1. The van der Waals surface area contributed by atoms with Crippen molar-refractivity contribution in [1.82, 2.24) is 4.90 Å². The third-order valence-electron chi connectivity index (χ3n) is 3.03. The highest BCUT2D eigenvalue weighted by molar-refractivity contribution is 5.95. The number of benzene rings is 1. The van der Waals surface area contributed by atoms with Crippen LogP contribution in [0.1, 0.15) is 16.8 Å². The SMILES string of the molecule is CN1CCC(Nc2ccc(N)cc2C(=O)O)C1. The van der Waals surface area contributed by atoms with Gasteiger partial charge in [0.05, 0.1) is 5.56 Å². The van der Waals surface area contributed by atoms with E-state index in [2.05, 4.69) is 17.3 Å². The van der Waals surface area contributed by atoms with E-state index in [1.807, 2.05) is 0 Å². The summed E-state index contributed by atoms with van der Waals surface area (Å²) in [7, 11) is 2.06. The van der Waals surface area contributed by atoms with Crippen molar-refractivity contribution in [2.75, 3.05) is 31.2 Å². The number of carbonyl (C=O) groups is 1. The molecule has 1 aliphatic heterocycles. The summed E-state index contributed by atoms with van der Waals surface area (Å²) in [6.07, 6.45) is 1.03. The lowest BCUT2D eigenvalue weighted by atomic mass is 10.1. The maximum atomic E-state index is 11.1. The van der Waals surface area contributed by atoms with Gasteiger partial charge in [0.15, 0.2) is 0 Å². The molecule has 0 aliphatic carbocycles. The monoisotopic (exact) mass is 235 g/mol. The first-order valence-electron chi connectivity index (χ1n) is 5.64. The molecule has 1 aliphatic rings. The van der Waals surface area contributed by atoms with Gasteiger partial charge in [-0.3, -0.25) is 0 Å². The molecule has 1 aromatic rings. The zero-order valence-corrected chi connectivity index (χ0v) is 9.81. The highest BCUT2D eigenvalue weighted by Crippen LogP contribution is 2.22. The quantitative estimate of drug-likeness (QED) is 0.683. The van der Waals surface area contributed by atoms with Gasteiger partial charge in [-0.15, -0.1) is 0 Å². The molecule has 17 heavy (non-hydrogen) atoms. The number of hydrogen-bond donors (Lipinski definition) is 3. The van der Waals surface area contributed by atoms with Crippen molar-refractivity contribution in [3.05, 3.63) is 23.8 Å². The van der Waals surface area contributed by atoms with Crippen molar-refractivity contribution >= 4 is 17.3 Å². The molecule has 2 rings (SSSR count). The predicted octanol–water partition coefficient (Wildman–Crippen LogP) is 1.08. The highest BCUT2D eigenvalue weighted by atomic mass is 16.4. The van der Waals surface area contributed by atoms with Gasteiger partial charge in [0.2, 0.25) is 0 Å². The second kappa shape index (κ2) is 4.63. The molecular weight excluding hydrogens is 218 g/mol. The number of anilines is 2. The van der Waals surface area contributed by atoms with Crippen LogP contribution in [-0.2, 0) is 0 Å². The van der Waals surface area contributed by atoms with Crippen LogP contribution in [0.3, 0.4) is 0 Å². The molecule has 0 radical (unpaired) electrons. The Kier molecular flexibility index (Phi) is 3.19. The van der Waals surface area contributed by atoms with Crippen molar-refractivity contribution < 1.29 is 9.90 Å². The largest absolute Gasteiger partial charge is 0.478 e. The van der Waals surface area contributed by atoms with Crippen LogP contribution in [0, 0.1) is 0 Å². The molecule has 1 unspecified atom stereocenters. The van der Waals surface area contributed by atoms with E-state index in [1.165, 1.54) is 6.07 Å². The second-order valence-electron chi connectivity index (χ2n) is 4.50. The van der Waals surface area contributed by atoms with Crippen LogP contribution >= 0.6 is 0 Å². The van der Waals surface area contributed by atoms with Gasteiger partial charge in [0, 0.05) is 24.0 Å². The molecule has 1 aromatic carbocycles. The Balaban J connectivity index is 2.17. The number of likely N-dealkylation sites (tertiary alicyclic amines) is 1. The first-order valence-corrected chi connectivity index (χ1v) is 5.64. The van der Waals surface area contributed by atoms with Gasteiger partial charge >= 0.3 is 5.97 Å². The number of nitrogens with two attached hydrogens (primary N) is 1. The molecular formula is C12H17N3O2. The van der Waals surface area contributed by atoms with Gasteiger partial charge in [-0.1, -0.05) is 0 Å². The molecule has 1 heterocycles. The van der Waals surface area contributed by atoms with Crippen LogP contribution in [0.2, 0.25) is 0 Å². The van der Waals surface area contributed by atoms with Gasteiger partial charge in [0.1, 0.15) is 0 Å². The Morgan fingerprint density at radius 3 is 2.94 bits per heavy atom. The van der Waals surface area contributed by atoms with Gasteiger partial charge < -0.3 is 21.1 Å². The van der Waals surface area contributed by atoms with Crippen LogP contribution in [-0.4, -0.2) is 42.2 Å². The molecule has 1 fully saturated rings. The summed E-state index contributed by atoms with van der Waals surface area (Å²) in [6.45, 7) is 1.97. The highest BCUT2D eigenvalue weighted by Gasteiger charge is 2.21. The van der Waals surface area contributed by atoms with E-state index in [-0.39, 0.29) is 5.56 Å². The van der Waals surface area contributed by atoms with Crippen molar-refractivity contribution in [2.45, 2.75) is 12.5 Å². The van der Waals surface area contributed by atoms with E-state index in [0.717, 1.165) is 19.5 Å². The van der Waals surface area contributed by atoms with Crippen LogP contribution in [0.25, 0.3) is 0 Å². The number of rotatable bonds is 3. The van der Waals surface area contributed by atoms with E-state index >= 15 is 0 Å². The number of aromatic carboxylic acids is 1. The van der Waals surface area contributed by atoms with Crippen molar-refractivity contribution in [2.24, 2.45) is 0 Å². The Hall–Kier alpha value is -1.75. The zero-order chi connectivity index (χ0) is 12.4. The normalized spacial score (nSPS) is 20.4. The first-order chi connectivity index (χ1) is 8.06. The van der Waals surface area contributed by atoms with Crippen LogP contribution in [0.5, 0.6) is 0 Å². The lowest BCUT2D eigenvalue weighted by Crippen LogP contribution is -2.24. The number of carboxylic acid groups (broad SMARTS) is 1. The summed E-state index contributed by atoms with van der Waals surface area (Å²) in [4.78, 5) is 13.3. The van der Waals surface area contributed by atoms with E-state index in [0.29, 0.717) is 17.4 Å². The molecule has 0 aromatic heterocycles. The molecule has 0 saturated carbocycles. The first kappa shape index (κ1) is 11.7. The average molecular weight is 235 g/mol. The molecule has 5 heteroatoms. The van der Waals surface area contributed by atoms with Gasteiger partial charge in [-0.2, -0.15) is 0 Å². The average Bonchev–Trinajstić information content (AvgIpc) is 2.66.